The van der Waals surface area contributed by atoms with E-state index >= 15 is 0 Å². The van der Waals surface area contributed by atoms with E-state index in [0.717, 1.165) is 35.4 Å². The van der Waals surface area contributed by atoms with Crippen LogP contribution in [0.25, 0.3) is 10.9 Å². The summed E-state index contributed by atoms with van der Waals surface area (Å²) < 4.78 is 5.56. The molecule has 110 valence electrons. The molecule has 2 aromatic rings. The van der Waals surface area contributed by atoms with Gasteiger partial charge in [0.15, 0.2) is 0 Å². The minimum Gasteiger partial charge on any atom is -0.375 e. The summed E-state index contributed by atoms with van der Waals surface area (Å²) in [6.07, 6.45) is 0.316. The van der Waals surface area contributed by atoms with Crippen LogP contribution in [0.1, 0.15) is 12.1 Å². The zero-order chi connectivity index (χ0) is 14.7. The molecule has 0 saturated carbocycles. The van der Waals surface area contributed by atoms with Crippen LogP contribution in [0, 0.1) is 6.92 Å². The Morgan fingerprint density at radius 2 is 2.33 bits per heavy atom. The topological polar surface area (TPSA) is 63.2 Å². The van der Waals surface area contributed by atoms with Crippen molar-refractivity contribution in [2.24, 2.45) is 0 Å². The van der Waals surface area contributed by atoms with E-state index in [2.05, 4.69) is 15.6 Å². The zero-order valence-corrected chi connectivity index (χ0v) is 12.1. The molecular weight excluding hydrogens is 266 g/mol. The second-order valence-electron chi connectivity index (χ2n) is 5.28. The number of carbonyl (C=O) groups is 1. The van der Waals surface area contributed by atoms with Gasteiger partial charge in [-0.05, 0) is 19.1 Å². The first kappa shape index (κ1) is 14.0. The highest BCUT2D eigenvalue weighted by atomic mass is 16.5. The van der Waals surface area contributed by atoms with E-state index in [1.807, 2.05) is 37.3 Å². The van der Waals surface area contributed by atoms with Gasteiger partial charge in [-0.3, -0.25) is 9.78 Å². The summed E-state index contributed by atoms with van der Waals surface area (Å²) in [5.74, 6) is -0.0283. The van der Waals surface area contributed by atoms with Crippen molar-refractivity contribution in [3.63, 3.8) is 0 Å². The lowest BCUT2D eigenvalue weighted by Gasteiger charge is -2.23. The van der Waals surface area contributed by atoms with Gasteiger partial charge in [-0.2, -0.15) is 0 Å². The Morgan fingerprint density at radius 3 is 3.14 bits per heavy atom. The second kappa shape index (κ2) is 6.20. The monoisotopic (exact) mass is 285 g/mol. The van der Waals surface area contributed by atoms with Gasteiger partial charge in [0.1, 0.15) is 0 Å². The van der Waals surface area contributed by atoms with Gasteiger partial charge in [0.05, 0.1) is 30.3 Å². The number of hydrogen-bond acceptors (Lipinski definition) is 4. The van der Waals surface area contributed by atoms with Gasteiger partial charge in [-0.25, -0.2) is 0 Å². The van der Waals surface area contributed by atoms with Gasteiger partial charge < -0.3 is 15.4 Å². The third kappa shape index (κ3) is 3.37. The molecule has 0 aliphatic carbocycles. The molecule has 1 atom stereocenters. The Bertz CT molecular complexity index is 651. The highest BCUT2D eigenvalue weighted by Crippen LogP contribution is 2.23. The summed E-state index contributed by atoms with van der Waals surface area (Å²) in [7, 11) is 0. The maximum atomic E-state index is 12.2. The van der Waals surface area contributed by atoms with Crippen LogP contribution in [-0.4, -0.2) is 36.7 Å². The summed E-state index contributed by atoms with van der Waals surface area (Å²) in [5, 5.41) is 7.17. The second-order valence-corrected chi connectivity index (χ2v) is 5.28. The fourth-order valence-electron chi connectivity index (χ4n) is 2.57. The van der Waals surface area contributed by atoms with E-state index in [9.17, 15) is 4.79 Å². The highest BCUT2D eigenvalue weighted by molar-refractivity contribution is 6.01. The molecule has 0 bridgehead atoms. The number of rotatable bonds is 3. The van der Waals surface area contributed by atoms with E-state index in [1.54, 1.807) is 0 Å². The van der Waals surface area contributed by atoms with Crippen LogP contribution in [0.4, 0.5) is 5.69 Å². The molecule has 5 heteroatoms. The van der Waals surface area contributed by atoms with Crippen molar-refractivity contribution in [3.8, 4) is 0 Å². The minimum atomic E-state index is -0.0482. The van der Waals surface area contributed by atoms with E-state index in [1.165, 1.54) is 0 Å². The molecule has 3 rings (SSSR count). The van der Waals surface area contributed by atoms with Gasteiger partial charge in [0.2, 0.25) is 5.91 Å². The molecule has 1 aromatic carbocycles. The number of anilines is 1. The molecule has 1 aromatic heterocycles. The summed E-state index contributed by atoms with van der Waals surface area (Å²) in [4.78, 5) is 16.7. The molecule has 1 aliphatic rings. The molecule has 1 fully saturated rings. The van der Waals surface area contributed by atoms with Gasteiger partial charge >= 0.3 is 0 Å². The molecule has 1 unspecified atom stereocenters. The van der Waals surface area contributed by atoms with Crippen LogP contribution in [0.5, 0.6) is 0 Å². The normalized spacial score (nSPS) is 18.6. The van der Waals surface area contributed by atoms with Crippen molar-refractivity contribution >= 4 is 22.5 Å². The number of pyridine rings is 1. The first-order valence-corrected chi connectivity index (χ1v) is 7.21. The molecule has 5 nitrogen and oxygen atoms in total. The molecular formula is C16H19N3O2. The van der Waals surface area contributed by atoms with Crippen LogP contribution in [0.2, 0.25) is 0 Å². The van der Waals surface area contributed by atoms with E-state index in [0.29, 0.717) is 13.0 Å². The van der Waals surface area contributed by atoms with Crippen LogP contribution in [-0.2, 0) is 9.53 Å². The maximum Gasteiger partial charge on any atom is 0.227 e. The molecule has 21 heavy (non-hydrogen) atoms. The summed E-state index contributed by atoms with van der Waals surface area (Å²) in [6, 6.07) is 9.72. The Kier molecular flexibility index (Phi) is 4.13. The number of hydrogen-bond donors (Lipinski definition) is 2. The van der Waals surface area contributed by atoms with E-state index < -0.39 is 0 Å². The van der Waals surface area contributed by atoms with Crippen molar-refractivity contribution in [3.05, 3.63) is 36.0 Å². The number of carbonyl (C=O) groups excluding carboxylic acids is 1. The molecule has 0 spiro atoms. The SMILES string of the molecule is Cc1cc(NC(=O)CC2CNCCO2)c2ccccc2n1. The van der Waals surface area contributed by atoms with Gasteiger partial charge in [0.25, 0.3) is 0 Å². The first-order valence-electron chi connectivity index (χ1n) is 7.21. The zero-order valence-electron chi connectivity index (χ0n) is 12.1. The number of morpholine rings is 1. The Hall–Kier alpha value is -1.98. The van der Waals surface area contributed by atoms with E-state index in [4.69, 9.17) is 4.74 Å². The van der Waals surface area contributed by atoms with Crippen molar-refractivity contribution in [1.29, 1.82) is 0 Å². The standard InChI is InChI=1S/C16H19N3O2/c1-11-8-15(13-4-2-3-5-14(13)18-11)19-16(20)9-12-10-17-6-7-21-12/h2-5,8,12,17H,6-7,9-10H2,1H3,(H,18,19,20). The Morgan fingerprint density at radius 1 is 1.48 bits per heavy atom. The van der Waals surface area contributed by atoms with Crippen LogP contribution >= 0.6 is 0 Å². The molecule has 1 aliphatic heterocycles. The number of benzene rings is 1. The van der Waals surface area contributed by atoms with Crippen LogP contribution < -0.4 is 10.6 Å². The predicted molar refractivity (Wildman–Crippen MR) is 82.3 cm³/mol. The first-order chi connectivity index (χ1) is 10.2. The van der Waals surface area contributed by atoms with E-state index in [-0.39, 0.29) is 12.0 Å². The smallest absolute Gasteiger partial charge is 0.227 e. The molecule has 0 radical (unpaired) electrons. The largest absolute Gasteiger partial charge is 0.375 e. The molecule has 2 heterocycles. The number of amides is 1. The number of ether oxygens (including phenoxy) is 1. The minimum absolute atomic E-state index is 0.0283. The van der Waals surface area contributed by atoms with Gasteiger partial charge in [0, 0.05) is 24.2 Å². The average Bonchev–Trinajstić information content (AvgIpc) is 2.48. The number of aryl methyl sites for hydroxylation is 1. The average molecular weight is 285 g/mol. The Labute approximate surface area is 123 Å². The van der Waals surface area contributed by atoms with Gasteiger partial charge in [-0.1, -0.05) is 18.2 Å². The van der Waals surface area contributed by atoms with Gasteiger partial charge in [-0.15, -0.1) is 0 Å². The van der Waals surface area contributed by atoms with Crippen LogP contribution in [0.3, 0.4) is 0 Å². The van der Waals surface area contributed by atoms with Crippen molar-refractivity contribution in [2.75, 3.05) is 25.0 Å². The lowest BCUT2D eigenvalue weighted by Crippen LogP contribution is -2.40. The fraction of sp³-hybridized carbons (Fsp3) is 0.375. The number of nitrogens with one attached hydrogen (secondary N) is 2. The van der Waals surface area contributed by atoms with Crippen molar-refractivity contribution in [2.45, 2.75) is 19.4 Å². The number of fused-ring (bicyclic) bond motifs is 1. The number of aromatic nitrogens is 1. The third-order valence-corrected chi connectivity index (χ3v) is 3.54. The molecule has 1 saturated heterocycles. The summed E-state index contributed by atoms with van der Waals surface area (Å²) in [6.45, 7) is 4.17. The summed E-state index contributed by atoms with van der Waals surface area (Å²) in [5.41, 5.74) is 2.59. The van der Waals surface area contributed by atoms with Crippen molar-refractivity contribution < 1.29 is 9.53 Å². The van der Waals surface area contributed by atoms with Crippen LogP contribution in [0.15, 0.2) is 30.3 Å². The maximum absolute atomic E-state index is 12.2. The lowest BCUT2D eigenvalue weighted by molar-refractivity contribution is -0.119. The number of nitrogens with zero attached hydrogens (tertiary/aromatic N) is 1. The highest BCUT2D eigenvalue weighted by Gasteiger charge is 2.18. The molecule has 1 amide bonds. The quantitative estimate of drug-likeness (QED) is 0.903. The van der Waals surface area contributed by atoms with Crippen molar-refractivity contribution in [1.82, 2.24) is 10.3 Å². The predicted octanol–water partition coefficient (Wildman–Crippen LogP) is 1.86. The lowest BCUT2D eigenvalue weighted by atomic mass is 10.1. The Balaban J connectivity index is 1.76. The third-order valence-electron chi connectivity index (χ3n) is 3.54. The molecule has 2 N–H and O–H groups in total. The summed E-state index contributed by atoms with van der Waals surface area (Å²) >= 11 is 0. The fourth-order valence-corrected chi connectivity index (χ4v) is 2.57. The number of para-hydroxylation sites is 1.